The van der Waals surface area contributed by atoms with Gasteiger partial charge in [0, 0.05) is 17.9 Å². The standard InChI is InChI=1S/C27H31N3O3/c31-27(28-23-15-7-8-17-25(23)33-19-21-13-9-10-18-32-21)26-22-14-5-2-6-16-24(22)30(29-26)20-11-3-1-4-12-20/h1,3-4,7-8,11-12,15,17,21H,2,5-6,9-10,13-14,16,18-19H2,(H,28,31). The van der Waals surface area contributed by atoms with Crippen LogP contribution in [0.3, 0.4) is 0 Å². The Labute approximate surface area is 194 Å². The molecule has 0 saturated carbocycles. The molecule has 2 heterocycles. The summed E-state index contributed by atoms with van der Waals surface area (Å²) in [7, 11) is 0. The van der Waals surface area contributed by atoms with Gasteiger partial charge in [0.05, 0.1) is 17.5 Å². The van der Waals surface area contributed by atoms with Crippen LogP contribution >= 0.6 is 0 Å². The van der Waals surface area contributed by atoms with Gasteiger partial charge in [-0.05, 0) is 69.2 Å². The van der Waals surface area contributed by atoms with E-state index in [0.717, 1.165) is 62.1 Å². The lowest BCUT2D eigenvalue weighted by Gasteiger charge is -2.23. The summed E-state index contributed by atoms with van der Waals surface area (Å²) >= 11 is 0. The minimum Gasteiger partial charge on any atom is -0.489 e. The molecule has 1 atom stereocenters. The summed E-state index contributed by atoms with van der Waals surface area (Å²) in [5, 5.41) is 7.86. The number of amides is 1. The molecule has 1 N–H and O–H groups in total. The van der Waals surface area contributed by atoms with Crippen LogP contribution in [0, 0.1) is 0 Å². The molecule has 2 aromatic carbocycles. The van der Waals surface area contributed by atoms with Crippen LogP contribution in [0.4, 0.5) is 5.69 Å². The van der Waals surface area contributed by atoms with E-state index in [1.165, 1.54) is 12.8 Å². The molecular weight excluding hydrogens is 414 g/mol. The largest absolute Gasteiger partial charge is 0.489 e. The van der Waals surface area contributed by atoms with Gasteiger partial charge in [0.15, 0.2) is 5.69 Å². The summed E-state index contributed by atoms with van der Waals surface area (Å²) in [6.07, 6.45) is 8.58. The molecule has 2 aliphatic rings. The van der Waals surface area contributed by atoms with Gasteiger partial charge in [-0.15, -0.1) is 0 Å². The van der Waals surface area contributed by atoms with Gasteiger partial charge in [0.2, 0.25) is 0 Å². The number of anilines is 1. The third kappa shape index (κ3) is 4.96. The molecule has 6 nitrogen and oxygen atoms in total. The number of nitrogens with one attached hydrogen (secondary N) is 1. The number of fused-ring (bicyclic) bond motifs is 1. The van der Waals surface area contributed by atoms with Crippen molar-refractivity contribution in [2.24, 2.45) is 0 Å². The molecule has 0 bridgehead atoms. The molecular formula is C27H31N3O3. The average Bonchev–Trinajstić information content (AvgIpc) is 3.05. The van der Waals surface area contributed by atoms with Crippen molar-refractivity contribution in [2.45, 2.75) is 57.5 Å². The van der Waals surface area contributed by atoms with E-state index in [2.05, 4.69) is 5.32 Å². The van der Waals surface area contributed by atoms with Gasteiger partial charge < -0.3 is 14.8 Å². The maximum atomic E-state index is 13.4. The number of benzene rings is 2. The first-order valence-electron chi connectivity index (χ1n) is 12.1. The minimum atomic E-state index is -0.187. The smallest absolute Gasteiger partial charge is 0.276 e. The third-order valence-electron chi connectivity index (χ3n) is 6.48. The molecule has 1 aliphatic carbocycles. The predicted octanol–water partition coefficient (Wildman–Crippen LogP) is 5.34. The molecule has 6 heteroatoms. The molecule has 5 rings (SSSR count). The van der Waals surface area contributed by atoms with Gasteiger partial charge in [-0.3, -0.25) is 4.79 Å². The van der Waals surface area contributed by atoms with E-state index < -0.39 is 0 Å². The zero-order valence-electron chi connectivity index (χ0n) is 19.0. The summed E-state index contributed by atoms with van der Waals surface area (Å²) in [6.45, 7) is 1.28. The number of aromatic nitrogens is 2. The van der Waals surface area contributed by atoms with E-state index in [-0.39, 0.29) is 12.0 Å². The lowest BCUT2D eigenvalue weighted by atomic mass is 10.1. The van der Waals surface area contributed by atoms with Crippen LogP contribution in [-0.4, -0.2) is 35.0 Å². The van der Waals surface area contributed by atoms with Gasteiger partial charge in [0.1, 0.15) is 12.4 Å². The van der Waals surface area contributed by atoms with Crippen molar-refractivity contribution in [2.75, 3.05) is 18.5 Å². The lowest BCUT2D eigenvalue weighted by molar-refractivity contribution is -0.0109. The number of carbonyl (C=O) groups excluding carboxylic acids is 1. The minimum absolute atomic E-state index is 0.111. The summed E-state index contributed by atoms with van der Waals surface area (Å²) in [5.74, 6) is 0.474. The van der Waals surface area contributed by atoms with Gasteiger partial charge >= 0.3 is 0 Å². The van der Waals surface area contributed by atoms with Gasteiger partial charge in [0.25, 0.3) is 5.91 Å². The predicted molar refractivity (Wildman–Crippen MR) is 128 cm³/mol. The maximum Gasteiger partial charge on any atom is 0.276 e. The van der Waals surface area contributed by atoms with E-state index >= 15 is 0 Å². The highest BCUT2D eigenvalue weighted by Crippen LogP contribution is 2.29. The number of carbonyl (C=O) groups is 1. The summed E-state index contributed by atoms with van der Waals surface area (Å²) in [6, 6.07) is 17.7. The van der Waals surface area contributed by atoms with E-state index in [9.17, 15) is 4.79 Å². The van der Waals surface area contributed by atoms with Gasteiger partial charge in [-0.25, -0.2) is 4.68 Å². The van der Waals surface area contributed by atoms with Gasteiger partial charge in [-0.2, -0.15) is 5.10 Å². The number of rotatable bonds is 6. The van der Waals surface area contributed by atoms with E-state index in [1.54, 1.807) is 0 Å². The third-order valence-corrected chi connectivity index (χ3v) is 6.48. The second kappa shape index (κ2) is 10.2. The molecule has 3 aromatic rings. The van der Waals surface area contributed by atoms with E-state index in [4.69, 9.17) is 14.6 Å². The molecule has 0 radical (unpaired) electrons. The first-order chi connectivity index (χ1) is 16.3. The molecule has 1 saturated heterocycles. The first kappa shape index (κ1) is 21.7. The summed E-state index contributed by atoms with van der Waals surface area (Å²) in [5.41, 5.74) is 4.40. The van der Waals surface area contributed by atoms with Crippen LogP contribution < -0.4 is 10.1 Å². The summed E-state index contributed by atoms with van der Waals surface area (Å²) < 4.78 is 13.8. The topological polar surface area (TPSA) is 65.4 Å². The number of para-hydroxylation sites is 3. The fourth-order valence-corrected chi connectivity index (χ4v) is 4.74. The highest BCUT2D eigenvalue weighted by molar-refractivity contribution is 6.05. The molecule has 0 spiro atoms. The number of nitrogens with zero attached hydrogens (tertiary/aromatic N) is 2. The van der Waals surface area contributed by atoms with Gasteiger partial charge in [-0.1, -0.05) is 36.8 Å². The zero-order chi connectivity index (χ0) is 22.5. The van der Waals surface area contributed by atoms with Crippen molar-refractivity contribution in [1.82, 2.24) is 9.78 Å². The fraction of sp³-hybridized carbons (Fsp3) is 0.407. The fourth-order valence-electron chi connectivity index (χ4n) is 4.74. The SMILES string of the molecule is O=C(Nc1ccccc1OCC1CCCCO1)c1nn(-c2ccccc2)c2c1CCCCC2. The molecule has 1 aromatic heterocycles. The molecule has 33 heavy (non-hydrogen) atoms. The summed E-state index contributed by atoms with van der Waals surface area (Å²) in [4.78, 5) is 13.4. The molecule has 1 unspecified atom stereocenters. The number of ether oxygens (including phenoxy) is 2. The van der Waals surface area contributed by atoms with Crippen molar-refractivity contribution in [3.05, 3.63) is 71.5 Å². The van der Waals surface area contributed by atoms with Crippen molar-refractivity contribution >= 4 is 11.6 Å². The van der Waals surface area contributed by atoms with Crippen LogP contribution in [-0.2, 0) is 17.6 Å². The Hall–Kier alpha value is -3.12. The molecule has 1 amide bonds. The van der Waals surface area contributed by atoms with Crippen LogP contribution in [0.2, 0.25) is 0 Å². The second-order valence-corrected chi connectivity index (χ2v) is 8.83. The normalized spacial score (nSPS) is 18.2. The lowest BCUT2D eigenvalue weighted by Crippen LogP contribution is -2.26. The van der Waals surface area contributed by atoms with Crippen molar-refractivity contribution in [1.29, 1.82) is 0 Å². The monoisotopic (exact) mass is 445 g/mol. The van der Waals surface area contributed by atoms with Crippen LogP contribution in [0.25, 0.3) is 5.69 Å². The molecule has 172 valence electrons. The molecule has 1 aliphatic heterocycles. The highest BCUT2D eigenvalue weighted by Gasteiger charge is 2.25. The maximum absolute atomic E-state index is 13.4. The van der Waals surface area contributed by atoms with E-state index in [1.807, 2.05) is 59.3 Å². The second-order valence-electron chi connectivity index (χ2n) is 8.83. The number of hydrogen-bond acceptors (Lipinski definition) is 4. The van der Waals surface area contributed by atoms with Crippen LogP contribution in [0.1, 0.15) is 60.3 Å². The van der Waals surface area contributed by atoms with Crippen molar-refractivity contribution in [3.63, 3.8) is 0 Å². The Bertz CT molecular complexity index is 1090. The van der Waals surface area contributed by atoms with Crippen molar-refractivity contribution < 1.29 is 14.3 Å². The average molecular weight is 446 g/mol. The Balaban J connectivity index is 1.39. The Morgan fingerprint density at radius 1 is 1.00 bits per heavy atom. The van der Waals surface area contributed by atoms with Crippen LogP contribution in [0.15, 0.2) is 54.6 Å². The number of hydrogen-bond donors (Lipinski definition) is 1. The Kier molecular flexibility index (Phi) is 6.72. The highest BCUT2D eigenvalue weighted by atomic mass is 16.5. The zero-order valence-corrected chi connectivity index (χ0v) is 19.0. The Morgan fingerprint density at radius 2 is 1.82 bits per heavy atom. The van der Waals surface area contributed by atoms with Crippen molar-refractivity contribution in [3.8, 4) is 11.4 Å². The van der Waals surface area contributed by atoms with Crippen LogP contribution in [0.5, 0.6) is 5.75 Å². The molecule has 1 fully saturated rings. The Morgan fingerprint density at radius 3 is 2.67 bits per heavy atom. The quantitative estimate of drug-likeness (QED) is 0.520. The first-order valence-corrected chi connectivity index (χ1v) is 12.1. The van der Waals surface area contributed by atoms with E-state index in [0.29, 0.717) is 23.7 Å².